The van der Waals surface area contributed by atoms with Crippen LogP contribution in [0.5, 0.6) is 0 Å². The molecule has 17 heavy (non-hydrogen) atoms. The fraction of sp³-hybridized carbons (Fsp3) is 0.500. The van der Waals surface area contributed by atoms with Crippen LogP contribution in [0.4, 0.5) is 5.69 Å². The van der Waals surface area contributed by atoms with E-state index < -0.39 is 9.84 Å². The van der Waals surface area contributed by atoms with Gasteiger partial charge in [-0.15, -0.1) is 0 Å². The van der Waals surface area contributed by atoms with Gasteiger partial charge in [-0.2, -0.15) is 0 Å². The predicted octanol–water partition coefficient (Wildman–Crippen LogP) is 1.05. The molecule has 0 saturated carbocycles. The zero-order valence-electron chi connectivity index (χ0n) is 9.83. The van der Waals surface area contributed by atoms with Crippen molar-refractivity contribution in [3.8, 4) is 0 Å². The molecule has 4 nitrogen and oxygen atoms in total. The van der Waals surface area contributed by atoms with Gasteiger partial charge >= 0.3 is 0 Å². The van der Waals surface area contributed by atoms with Gasteiger partial charge in [-0.3, -0.25) is 0 Å². The Morgan fingerprint density at radius 2 is 2.06 bits per heavy atom. The SMILES string of the molecule is CS(=O)(=O)c1ccccc1N1CCCC(O)C1. The van der Waals surface area contributed by atoms with Gasteiger partial charge in [0.15, 0.2) is 9.84 Å². The Balaban J connectivity index is 2.38. The number of sulfone groups is 1. The van der Waals surface area contributed by atoms with Crippen molar-refractivity contribution in [1.82, 2.24) is 0 Å². The van der Waals surface area contributed by atoms with Gasteiger partial charge < -0.3 is 10.0 Å². The monoisotopic (exact) mass is 255 g/mol. The van der Waals surface area contributed by atoms with E-state index in [2.05, 4.69) is 0 Å². The molecule has 0 aliphatic carbocycles. The molecule has 0 spiro atoms. The first-order valence-corrected chi connectivity index (χ1v) is 7.60. The van der Waals surface area contributed by atoms with Gasteiger partial charge in [0.1, 0.15) is 0 Å². The second-order valence-corrected chi connectivity index (χ2v) is 6.47. The molecule has 1 atom stereocenters. The van der Waals surface area contributed by atoms with Crippen LogP contribution in [0, 0.1) is 0 Å². The third kappa shape index (κ3) is 2.79. The number of piperidine rings is 1. The standard InChI is InChI=1S/C12H17NO3S/c1-17(15,16)12-7-3-2-6-11(12)13-8-4-5-10(14)9-13/h2-3,6-7,10,14H,4-5,8-9H2,1H3. The quantitative estimate of drug-likeness (QED) is 0.858. The van der Waals surface area contributed by atoms with Gasteiger partial charge in [-0.05, 0) is 25.0 Å². The van der Waals surface area contributed by atoms with Crippen LogP contribution in [-0.4, -0.2) is 39.0 Å². The maximum Gasteiger partial charge on any atom is 0.177 e. The van der Waals surface area contributed by atoms with Gasteiger partial charge in [0, 0.05) is 19.3 Å². The van der Waals surface area contributed by atoms with Crippen molar-refractivity contribution in [2.45, 2.75) is 23.8 Å². The van der Waals surface area contributed by atoms with E-state index in [1.54, 1.807) is 18.2 Å². The minimum Gasteiger partial charge on any atom is -0.391 e. The lowest BCUT2D eigenvalue weighted by Crippen LogP contribution is -2.38. The molecule has 1 aliphatic rings. The van der Waals surface area contributed by atoms with E-state index >= 15 is 0 Å². The van der Waals surface area contributed by atoms with E-state index in [-0.39, 0.29) is 6.10 Å². The van der Waals surface area contributed by atoms with Gasteiger partial charge in [0.05, 0.1) is 16.7 Å². The number of hydrogen-bond donors (Lipinski definition) is 1. The van der Waals surface area contributed by atoms with Crippen LogP contribution >= 0.6 is 0 Å². The number of benzene rings is 1. The largest absolute Gasteiger partial charge is 0.391 e. The number of para-hydroxylation sites is 1. The Morgan fingerprint density at radius 3 is 2.71 bits per heavy atom. The van der Waals surface area contributed by atoms with E-state index in [1.165, 1.54) is 6.26 Å². The molecule has 0 radical (unpaired) electrons. The minimum atomic E-state index is -3.22. The summed E-state index contributed by atoms with van der Waals surface area (Å²) in [6.07, 6.45) is 2.53. The summed E-state index contributed by atoms with van der Waals surface area (Å²) in [5.74, 6) is 0. The van der Waals surface area contributed by atoms with Gasteiger partial charge in [-0.1, -0.05) is 12.1 Å². The highest BCUT2D eigenvalue weighted by Gasteiger charge is 2.22. The first-order chi connectivity index (χ1) is 7.98. The number of β-amino-alcohol motifs (C(OH)–C–C–N with tert-alkyl or cyclic N) is 1. The molecule has 0 aromatic heterocycles. The molecule has 5 heteroatoms. The van der Waals surface area contributed by atoms with Crippen LogP contribution in [0.1, 0.15) is 12.8 Å². The van der Waals surface area contributed by atoms with Gasteiger partial charge in [-0.25, -0.2) is 8.42 Å². The number of aliphatic hydroxyl groups is 1. The molecular formula is C12H17NO3S. The smallest absolute Gasteiger partial charge is 0.177 e. The maximum atomic E-state index is 11.7. The van der Waals surface area contributed by atoms with Crippen LogP contribution in [-0.2, 0) is 9.84 Å². The summed E-state index contributed by atoms with van der Waals surface area (Å²) in [5.41, 5.74) is 0.703. The summed E-state index contributed by atoms with van der Waals surface area (Å²) in [4.78, 5) is 2.29. The summed E-state index contributed by atoms with van der Waals surface area (Å²) >= 11 is 0. The number of hydrogen-bond acceptors (Lipinski definition) is 4. The van der Waals surface area contributed by atoms with Crippen molar-refractivity contribution in [2.24, 2.45) is 0 Å². The Morgan fingerprint density at radius 1 is 1.35 bits per heavy atom. The molecule has 0 amide bonds. The van der Waals surface area contributed by atoms with Crippen LogP contribution in [0.3, 0.4) is 0 Å². The molecule has 1 aromatic rings. The average molecular weight is 255 g/mol. The number of nitrogens with zero attached hydrogens (tertiary/aromatic N) is 1. The molecule has 2 rings (SSSR count). The van der Waals surface area contributed by atoms with E-state index in [4.69, 9.17) is 0 Å². The minimum absolute atomic E-state index is 0.342. The Labute approximate surface area is 102 Å². The van der Waals surface area contributed by atoms with Crippen molar-refractivity contribution in [1.29, 1.82) is 0 Å². The van der Waals surface area contributed by atoms with Crippen LogP contribution < -0.4 is 4.90 Å². The van der Waals surface area contributed by atoms with Crippen LogP contribution in [0.25, 0.3) is 0 Å². The first kappa shape index (κ1) is 12.4. The zero-order valence-corrected chi connectivity index (χ0v) is 10.7. The summed E-state index contributed by atoms with van der Waals surface area (Å²) in [6.45, 7) is 1.30. The summed E-state index contributed by atoms with van der Waals surface area (Å²) < 4.78 is 23.4. The van der Waals surface area contributed by atoms with E-state index in [0.29, 0.717) is 17.1 Å². The lowest BCUT2D eigenvalue weighted by Gasteiger charge is -2.33. The Kier molecular flexibility index (Phi) is 3.40. The third-order valence-electron chi connectivity index (χ3n) is 3.00. The molecule has 94 valence electrons. The molecule has 1 fully saturated rings. The van der Waals surface area contributed by atoms with Crippen molar-refractivity contribution in [3.63, 3.8) is 0 Å². The lowest BCUT2D eigenvalue weighted by atomic mass is 10.1. The van der Waals surface area contributed by atoms with E-state index in [0.717, 1.165) is 19.4 Å². The van der Waals surface area contributed by atoms with Crippen molar-refractivity contribution in [3.05, 3.63) is 24.3 Å². The van der Waals surface area contributed by atoms with Gasteiger partial charge in [0.2, 0.25) is 0 Å². The fourth-order valence-corrected chi connectivity index (χ4v) is 3.11. The Bertz CT molecular complexity index is 498. The van der Waals surface area contributed by atoms with Crippen molar-refractivity contribution >= 4 is 15.5 Å². The van der Waals surface area contributed by atoms with Crippen molar-refractivity contribution in [2.75, 3.05) is 24.2 Å². The average Bonchev–Trinajstić information content (AvgIpc) is 2.28. The molecule has 1 aromatic carbocycles. The number of anilines is 1. The highest BCUT2D eigenvalue weighted by atomic mass is 32.2. The predicted molar refractivity (Wildman–Crippen MR) is 67.0 cm³/mol. The second kappa shape index (κ2) is 4.66. The summed E-state index contributed by atoms with van der Waals surface area (Å²) in [6, 6.07) is 6.96. The highest BCUT2D eigenvalue weighted by Crippen LogP contribution is 2.27. The second-order valence-electron chi connectivity index (χ2n) is 4.48. The number of rotatable bonds is 2. The molecule has 1 aliphatic heterocycles. The van der Waals surface area contributed by atoms with Gasteiger partial charge in [0.25, 0.3) is 0 Å². The molecular weight excluding hydrogens is 238 g/mol. The molecule has 1 unspecified atom stereocenters. The van der Waals surface area contributed by atoms with Crippen LogP contribution in [0.15, 0.2) is 29.2 Å². The summed E-state index contributed by atoms with van der Waals surface area (Å²) in [5, 5.41) is 9.64. The fourth-order valence-electron chi connectivity index (χ4n) is 2.21. The topological polar surface area (TPSA) is 57.6 Å². The first-order valence-electron chi connectivity index (χ1n) is 5.70. The zero-order chi connectivity index (χ0) is 12.5. The van der Waals surface area contributed by atoms with Crippen LogP contribution in [0.2, 0.25) is 0 Å². The molecule has 1 saturated heterocycles. The molecule has 1 heterocycles. The van der Waals surface area contributed by atoms with E-state index in [1.807, 2.05) is 11.0 Å². The lowest BCUT2D eigenvalue weighted by molar-refractivity contribution is 0.154. The maximum absolute atomic E-state index is 11.7. The third-order valence-corrected chi connectivity index (χ3v) is 4.15. The summed E-state index contributed by atoms with van der Waals surface area (Å²) in [7, 11) is -3.22. The van der Waals surface area contributed by atoms with E-state index in [9.17, 15) is 13.5 Å². The molecule has 1 N–H and O–H groups in total. The highest BCUT2D eigenvalue weighted by molar-refractivity contribution is 7.90. The Hall–Kier alpha value is -1.07. The molecule has 0 bridgehead atoms. The normalized spacial score (nSPS) is 21.5. The number of aliphatic hydroxyl groups excluding tert-OH is 1. The van der Waals surface area contributed by atoms with Crippen molar-refractivity contribution < 1.29 is 13.5 Å².